The van der Waals surface area contributed by atoms with Crippen LogP contribution < -0.4 is 0 Å². The molecule has 3 rings (SSSR count). The number of methoxy groups -OCH3 is 1. The maximum atomic E-state index is 13.1. The van der Waals surface area contributed by atoms with Gasteiger partial charge in [0.25, 0.3) is 0 Å². The van der Waals surface area contributed by atoms with E-state index in [2.05, 4.69) is 0 Å². The lowest BCUT2D eigenvalue weighted by atomic mass is 10.4. The molecular weight excluding hydrogens is 436 g/mol. The molecule has 29 heavy (non-hydrogen) atoms. The van der Waals surface area contributed by atoms with E-state index in [0.29, 0.717) is 13.2 Å². The van der Waals surface area contributed by atoms with Crippen LogP contribution >= 0.6 is 11.3 Å². The molecule has 0 N–H and O–H groups in total. The molecule has 1 saturated heterocycles. The fourth-order valence-electron chi connectivity index (χ4n) is 2.92. The topological polar surface area (TPSA) is 93.2 Å². The highest BCUT2D eigenvalue weighted by Gasteiger charge is 2.28. The van der Waals surface area contributed by atoms with E-state index in [0.717, 1.165) is 4.88 Å². The fraction of sp³-hybridized carbons (Fsp3) is 0.444. The number of ether oxygens (including phenoxy) is 2. The SMILES string of the molecule is COCCN(Cc1cccs1)S(=O)(=O)c1ccc(S(=O)(=O)N2CCOCC2)cc1. The van der Waals surface area contributed by atoms with E-state index in [9.17, 15) is 16.8 Å². The molecule has 1 aliphatic heterocycles. The van der Waals surface area contributed by atoms with Gasteiger partial charge in [0, 0.05) is 38.2 Å². The first kappa shape index (κ1) is 22.3. The number of morpholine rings is 1. The Balaban J connectivity index is 1.83. The van der Waals surface area contributed by atoms with Crippen LogP contribution in [0, 0.1) is 0 Å². The minimum Gasteiger partial charge on any atom is -0.383 e. The summed E-state index contributed by atoms with van der Waals surface area (Å²) in [7, 11) is -5.96. The van der Waals surface area contributed by atoms with Crippen molar-refractivity contribution in [2.45, 2.75) is 16.3 Å². The van der Waals surface area contributed by atoms with Gasteiger partial charge < -0.3 is 9.47 Å². The molecule has 1 aromatic heterocycles. The predicted molar refractivity (Wildman–Crippen MR) is 110 cm³/mol. The zero-order valence-corrected chi connectivity index (χ0v) is 18.5. The summed E-state index contributed by atoms with van der Waals surface area (Å²) in [6.45, 7) is 1.96. The van der Waals surface area contributed by atoms with E-state index < -0.39 is 20.0 Å². The highest BCUT2D eigenvalue weighted by molar-refractivity contribution is 7.89. The average Bonchev–Trinajstić information content (AvgIpc) is 3.25. The first-order valence-electron chi connectivity index (χ1n) is 9.05. The normalized spacial score (nSPS) is 16.3. The van der Waals surface area contributed by atoms with E-state index >= 15 is 0 Å². The van der Waals surface area contributed by atoms with E-state index in [1.807, 2.05) is 17.5 Å². The molecule has 0 saturated carbocycles. The van der Waals surface area contributed by atoms with Crippen LogP contribution in [0.4, 0.5) is 0 Å². The van der Waals surface area contributed by atoms with Gasteiger partial charge in [-0.1, -0.05) is 6.07 Å². The van der Waals surface area contributed by atoms with Gasteiger partial charge in [0.1, 0.15) is 0 Å². The van der Waals surface area contributed by atoms with Gasteiger partial charge in [-0.05, 0) is 35.7 Å². The first-order valence-corrected chi connectivity index (χ1v) is 12.8. The second kappa shape index (κ2) is 9.65. The molecule has 0 amide bonds. The van der Waals surface area contributed by atoms with Gasteiger partial charge >= 0.3 is 0 Å². The van der Waals surface area contributed by atoms with Crippen LogP contribution in [0.5, 0.6) is 0 Å². The molecular formula is C18H24N2O6S3. The van der Waals surface area contributed by atoms with Crippen molar-refractivity contribution in [3.63, 3.8) is 0 Å². The minimum absolute atomic E-state index is 0.0473. The highest BCUT2D eigenvalue weighted by atomic mass is 32.2. The summed E-state index contributed by atoms with van der Waals surface area (Å²) in [5.41, 5.74) is 0. The number of rotatable bonds is 9. The van der Waals surface area contributed by atoms with Crippen LogP contribution in [-0.4, -0.2) is 72.0 Å². The monoisotopic (exact) mass is 460 g/mol. The molecule has 0 unspecified atom stereocenters. The van der Waals surface area contributed by atoms with Gasteiger partial charge in [-0.2, -0.15) is 8.61 Å². The lowest BCUT2D eigenvalue weighted by Crippen LogP contribution is -2.40. The molecule has 11 heteroatoms. The van der Waals surface area contributed by atoms with Crippen molar-refractivity contribution in [2.75, 3.05) is 46.6 Å². The first-order chi connectivity index (χ1) is 13.9. The summed E-state index contributed by atoms with van der Waals surface area (Å²) in [4.78, 5) is 1.03. The Morgan fingerprint density at radius 2 is 1.72 bits per heavy atom. The number of sulfonamides is 2. The Morgan fingerprint density at radius 1 is 1.07 bits per heavy atom. The lowest BCUT2D eigenvalue weighted by molar-refractivity contribution is 0.0730. The van der Waals surface area contributed by atoms with Crippen LogP contribution in [0.25, 0.3) is 0 Å². The zero-order chi connectivity index (χ0) is 20.9. The van der Waals surface area contributed by atoms with Gasteiger partial charge in [-0.3, -0.25) is 0 Å². The molecule has 0 bridgehead atoms. The largest absolute Gasteiger partial charge is 0.383 e. The molecule has 1 fully saturated rings. The maximum absolute atomic E-state index is 13.1. The molecule has 0 aliphatic carbocycles. The van der Waals surface area contributed by atoms with Crippen LogP contribution in [0.2, 0.25) is 0 Å². The van der Waals surface area contributed by atoms with Crippen LogP contribution in [-0.2, 0) is 36.1 Å². The van der Waals surface area contributed by atoms with Crippen LogP contribution in [0.1, 0.15) is 4.88 Å². The minimum atomic E-state index is -3.80. The second-order valence-corrected chi connectivity index (χ2v) is 11.3. The van der Waals surface area contributed by atoms with E-state index in [4.69, 9.17) is 9.47 Å². The molecule has 8 nitrogen and oxygen atoms in total. The maximum Gasteiger partial charge on any atom is 0.243 e. The summed E-state index contributed by atoms with van der Waals surface area (Å²) >= 11 is 1.48. The lowest BCUT2D eigenvalue weighted by Gasteiger charge is -2.26. The van der Waals surface area contributed by atoms with Crippen molar-refractivity contribution in [3.8, 4) is 0 Å². The molecule has 0 radical (unpaired) electrons. The predicted octanol–water partition coefficient (Wildman–Crippen LogP) is 1.61. The molecule has 160 valence electrons. The van der Waals surface area contributed by atoms with Crippen molar-refractivity contribution in [1.82, 2.24) is 8.61 Å². The molecule has 2 aromatic rings. The molecule has 0 atom stereocenters. The Hall–Kier alpha value is -1.34. The van der Waals surface area contributed by atoms with Gasteiger partial charge in [-0.15, -0.1) is 11.3 Å². The summed E-state index contributed by atoms with van der Waals surface area (Å²) in [6, 6.07) is 9.12. The van der Waals surface area contributed by atoms with E-state index in [1.54, 1.807) is 0 Å². The summed E-state index contributed by atoms with van der Waals surface area (Å²) in [5, 5.41) is 1.89. The van der Waals surface area contributed by atoms with Crippen molar-refractivity contribution >= 4 is 31.4 Å². The Morgan fingerprint density at radius 3 is 2.31 bits per heavy atom. The second-order valence-electron chi connectivity index (χ2n) is 6.40. The van der Waals surface area contributed by atoms with Crippen molar-refractivity contribution in [3.05, 3.63) is 46.7 Å². The fourth-order valence-corrected chi connectivity index (χ4v) is 6.53. The summed E-state index contributed by atoms with van der Waals surface area (Å²) in [5.74, 6) is 0. The molecule has 2 heterocycles. The Bertz CT molecular complexity index is 983. The van der Waals surface area contributed by atoms with E-state index in [1.165, 1.54) is 51.3 Å². The quantitative estimate of drug-likeness (QED) is 0.564. The third-order valence-corrected chi connectivity index (χ3v) is 9.16. The molecule has 1 aliphatic rings. The van der Waals surface area contributed by atoms with Crippen molar-refractivity contribution < 1.29 is 26.3 Å². The number of hydrogen-bond acceptors (Lipinski definition) is 7. The highest BCUT2D eigenvalue weighted by Crippen LogP contribution is 2.23. The molecule has 0 spiro atoms. The summed E-state index contributed by atoms with van der Waals surface area (Å²) in [6.07, 6.45) is 0. The third-order valence-electron chi connectivity index (χ3n) is 4.53. The standard InChI is InChI=1S/C18H24N2O6S3/c1-25-11-8-20(15-16-3-2-14-27-16)29(23,24)18-6-4-17(5-7-18)28(21,22)19-9-12-26-13-10-19/h2-7,14H,8-13,15H2,1H3. The zero-order valence-electron chi connectivity index (χ0n) is 16.1. The summed E-state index contributed by atoms with van der Waals surface area (Å²) < 4.78 is 64.7. The Kier molecular flexibility index (Phi) is 7.43. The van der Waals surface area contributed by atoms with E-state index in [-0.39, 0.29) is 42.6 Å². The van der Waals surface area contributed by atoms with Gasteiger partial charge in [0.05, 0.1) is 29.6 Å². The number of hydrogen-bond donors (Lipinski definition) is 0. The number of benzene rings is 1. The number of thiophene rings is 1. The van der Waals surface area contributed by atoms with Crippen LogP contribution in [0.3, 0.4) is 0 Å². The third kappa shape index (κ3) is 5.23. The smallest absolute Gasteiger partial charge is 0.243 e. The van der Waals surface area contributed by atoms with Crippen molar-refractivity contribution in [1.29, 1.82) is 0 Å². The van der Waals surface area contributed by atoms with Crippen molar-refractivity contribution in [2.24, 2.45) is 0 Å². The van der Waals surface area contributed by atoms with Gasteiger partial charge in [-0.25, -0.2) is 16.8 Å². The Labute approximate surface area is 175 Å². The van der Waals surface area contributed by atoms with Crippen LogP contribution in [0.15, 0.2) is 51.6 Å². The number of nitrogens with zero attached hydrogens (tertiary/aromatic N) is 2. The molecule has 1 aromatic carbocycles. The average molecular weight is 461 g/mol. The van der Waals surface area contributed by atoms with Gasteiger partial charge in [0.15, 0.2) is 0 Å². The van der Waals surface area contributed by atoms with Gasteiger partial charge in [0.2, 0.25) is 20.0 Å².